The van der Waals surface area contributed by atoms with Crippen molar-refractivity contribution in [1.29, 1.82) is 0 Å². The van der Waals surface area contributed by atoms with Crippen LogP contribution < -0.4 is 10.6 Å². The molecule has 6 heteroatoms. The quantitative estimate of drug-likeness (QED) is 0.608. The second-order valence-corrected chi connectivity index (χ2v) is 5.20. The normalized spacial score (nSPS) is 10.1. The highest BCUT2D eigenvalue weighted by Gasteiger charge is 2.10. The van der Waals surface area contributed by atoms with Gasteiger partial charge in [-0.25, -0.2) is 0 Å². The Labute approximate surface area is 134 Å². The van der Waals surface area contributed by atoms with Crippen LogP contribution in [0.4, 0.5) is 11.4 Å². The number of amides is 1. The molecule has 1 amide bonds. The van der Waals surface area contributed by atoms with E-state index >= 15 is 0 Å². The predicted octanol–water partition coefficient (Wildman–Crippen LogP) is 3.02. The van der Waals surface area contributed by atoms with Crippen molar-refractivity contribution in [1.82, 2.24) is 5.32 Å². The Morgan fingerprint density at radius 3 is 2.57 bits per heavy atom. The van der Waals surface area contributed by atoms with Crippen LogP contribution in [0.2, 0.25) is 0 Å². The van der Waals surface area contributed by atoms with E-state index in [1.54, 1.807) is 19.1 Å². The van der Waals surface area contributed by atoms with Crippen molar-refractivity contribution < 1.29 is 9.72 Å². The molecule has 23 heavy (non-hydrogen) atoms. The van der Waals surface area contributed by atoms with Gasteiger partial charge in [0.15, 0.2) is 0 Å². The van der Waals surface area contributed by atoms with E-state index in [1.165, 1.54) is 6.07 Å². The summed E-state index contributed by atoms with van der Waals surface area (Å²) in [6, 6.07) is 14.5. The van der Waals surface area contributed by atoms with Gasteiger partial charge >= 0.3 is 0 Å². The van der Waals surface area contributed by atoms with E-state index in [-0.39, 0.29) is 11.6 Å². The molecular weight excluding hydrogens is 294 g/mol. The first kappa shape index (κ1) is 16.5. The largest absolute Gasteiger partial charge is 0.385 e. The molecule has 0 aliphatic heterocycles. The van der Waals surface area contributed by atoms with Gasteiger partial charge in [-0.15, -0.1) is 0 Å². The average Bonchev–Trinajstić information content (AvgIpc) is 2.53. The summed E-state index contributed by atoms with van der Waals surface area (Å²) in [6.45, 7) is 2.67. The van der Waals surface area contributed by atoms with E-state index in [0.29, 0.717) is 25.1 Å². The summed E-state index contributed by atoms with van der Waals surface area (Å²) in [5.74, 6) is -0.0417. The van der Waals surface area contributed by atoms with E-state index in [2.05, 4.69) is 10.6 Å². The van der Waals surface area contributed by atoms with Crippen molar-refractivity contribution in [3.63, 3.8) is 0 Å². The number of hydrogen-bond acceptors (Lipinski definition) is 4. The Morgan fingerprint density at radius 1 is 1.17 bits per heavy atom. The lowest BCUT2D eigenvalue weighted by atomic mass is 10.2. The molecule has 0 heterocycles. The van der Waals surface area contributed by atoms with Gasteiger partial charge in [0.25, 0.3) is 5.69 Å². The van der Waals surface area contributed by atoms with Crippen LogP contribution in [0.25, 0.3) is 0 Å². The molecule has 0 unspecified atom stereocenters. The first-order valence-corrected chi connectivity index (χ1v) is 7.36. The maximum absolute atomic E-state index is 11.8. The van der Waals surface area contributed by atoms with Crippen molar-refractivity contribution in [2.24, 2.45) is 0 Å². The van der Waals surface area contributed by atoms with Crippen molar-refractivity contribution in [3.8, 4) is 0 Å². The number of aryl methyl sites for hydroxylation is 1. The van der Waals surface area contributed by atoms with Gasteiger partial charge in [-0.1, -0.05) is 30.3 Å². The first-order chi connectivity index (χ1) is 11.1. The number of benzene rings is 2. The van der Waals surface area contributed by atoms with Crippen molar-refractivity contribution in [2.45, 2.75) is 19.9 Å². The van der Waals surface area contributed by atoms with Gasteiger partial charge in [-0.05, 0) is 24.6 Å². The number of nitrogens with zero attached hydrogens (tertiary/aromatic N) is 1. The molecule has 0 fully saturated rings. The number of carbonyl (C=O) groups excluding carboxylic acids is 1. The third-order valence-electron chi connectivity index (χ3n) is 3.41. The number of nitro groups is 1. The maximum atomic E-state index is 11.8. The van der Waals surface area contributed by atoms with Gasteiger partial charge in [0.1, 0.15) is 0 Å². The third-order valence-corrected chi connectivity index (χ3v) is 3.41. The average molecular weight is 313 g/mol. The Balaban J connectivity index is 1.75. The maximum Gasteiger partial charge on any atom is 0.272 e. The molecule has 0 atom stereocenters. The Kier molecular flexibility index (Phi) is 5.68. The highest BCUT2D eigenvalue weighted by Crippen LogP contribution is 2.21. The fraction of sp³-hybridized carbons (Fsp3) is 0.235. The molecule has 0 bridgehead atoms. The van der Waals surface area contributed by atoms with Crippen molar-refractivity contribution >= 4 is 17.3 Å². The highest BCUT2D eigenvalue weighted by molar-refractivity contribution is 5.76. The fourth-order valence-corrected chi connectivity index (χ4v) is 2.18. The van der Waals surface area contributed by atoms with E-state index in [9.17, 15) is 14.9 Å². The smallest absolute Gasteiger partial charge is 0.272 e. The minimum absolute atomic E-state index is 0.0417. The lowest BCUT2D eigenvalue weighted by molar-refractivity contribution is -0.385. The molecule has 0 aliphatic carbocycles. The number of carbonyl (C=O) groups is 1. The summed E-state index contributed by atoms with van der Waals surface area (Å²) in [6.07, 6.45) is 0.336. The summed E-state index contributed by atoms with van der Waals surface area (Å²) in [5, 5.41) is 16.7. The standard InChI is InChI=1S/C17H19N3O3/c1-13-11-15(7-8-16(13)20(22)23)18-10-9-17(21)19-12-14-5-3-2-4-6-14/h2-8,11,18H,9-10,12H2,1H3,(H,19,21). The summed E-state index contributed by atoms with van der Waals surface area (Å²) in [4.78, 5) is 22.1. The monoisotopic (exact) mass is 313 g/mol. The second kappa shape index (κ2) is 7.93. The van der Waals surface area contributed by atoms with Gasteiger partial charge in [0, 0.05) is 36.8 Å². The van der Waals surface area contributed by atoms with Crippen LogP contribution in [0.5, 0.6) is 0 Å². The first-order valence-electron chi connectivity index (χ1n) is 7.36. The zero-order valence-electron chi connectivity index (χ0n) is 12.9. The molecule has 2 N–H and O–H groups in total. The molecule has 0 aromatic heterocycles. The molecule has 0 radical (unpaired) electrons. The van der Waals surface area contributed by atoms with E-state index in [1.807, 2.05) is 30.3 Å². The molecule has 2 aromatic carbocycles. The number of nitrogens with one attached hydrogen (secondary N) is 2. The number of anilines is 1. The molecule has 120 valence electrons. The molecule has 0 spiro atoms. The minimum atomic E-state index is -0.407. The van der Waals surface area contributed by atoms with Crippen LogP contribution in [0, 0.1) is 17.0 Å². The number of nitro benzene ring substituents is 1. The van der Waals surface area contributed by atoms with Crippen LogP contribution >= 0.6 is 0 Å². The van der Waals surface area contributed by atoms with Crippen molar-refractivity contribution in [2.75, 3.05) is 11.9 Å². The zero-order valence-corrected chi connectivity index (χ0v) is 12.9. The summed E-state index contributed by atoms with van der Waals surface area (Å²) in [5.41, 5.74) is 2.51. The van der Waals surface area contributed by atoms with Gasteiger partial charge in [0.05, 0.1) is 4.92 Å². The lowest BCUT2D eigenvalue weighted by Crippen LogP contribution is -2.24. The van der Waals surface area contributed by atoms with Gasteiger partial charge in [-0.3, -0.25) is 14.9 Å². The van der Waals surface area contributed by atoms with Crippen LogP contribution in [-0.2, 0) is 11.3 Å². The van der Waals surface area contributed by atoms with E-state index in [0.717, 1.165) is 11.3 Å². The Bertz CT molecular complexity index is 687. The van der Waals surface area contributed by atoms with Gasteiger partial charge < -0.3 is 10.6 Å². The Morgan fingerprint density at radius 2 is 1.91 bits per heavy atom. The lowest BCUT2D eigenvalue weighted by Gasteiger charge is -2.08. The van der Waals surface area contributed by atoms with Crippen LogP contribution in [0.15, 0.2) is 48.5 Å². The second-order valence-electron chi connectivity index (χ2n) is 5.20. The zero-order chi connectivity index (χ0) is 16.7. The molecule has 2 rings (SSSR count). The van der Waals surface area contributed by atoms with Crippen LogP contribution in [0.1, 0.15) is 17.5 Å². The molecule has 6 nitrogen and oxygen atoms in total. The van der Waals surface area contributed by atoms with Gasteiger partial charge in [0.2, 0.25) is 5.91 Å². The number of hydrogen-bond donors (Lipinski definition) is 2. The summed E-state index contributed by atoms with van der Waals surface area (Å²) in [7, 11) is 0. The molecule has 2 aromatic rings. The predicted molar refractivity (Wildman–Crippen MR) is 89.2 cm³/mol. The third kappa shape index (κ3) is 5.10. The van der Waals surface area contributed by atoms with Crippen LogP contribution in [-0.4, -0.2) is 17.4 Å². The molecule has 0 saturated heterocycles. The van der Waals surface area contributed by atoms with Gasteiger partial charge in [-0.2, -0.15) is 0 Å². The fourth-order valence-electron chi connectivity index (χ4n) is 2.18. The topological polar surface area (TPSA) is 84.3 Å². The van der Waals surface area contributed by atoms with Crippen molar-refractivity contribution in [3.05, 3.63) is 69.8 Å². The molecule has 0 saturated carbocycles. The highest BCUT2D eigenvalue weighted by atomic mass is 16.6. The van der Waals surface area contributed by atoms with E-state index in [4.69, 9.17) is 0 Å². The summed E-state index contributed by atoms with van der Waals surface area (Å²) < 4.78 is 0. The number of rotatable bonds is 7. The molecular formula is C17H19N3O3. The minimum Gasteiger partial charge on any atom is -0.385 e. The molecule has 0 aliphatic rings. The summed E-state index contributed by atoms with van der Waals surface area (Å²) >= 11 is 0. The van der Waals surface area contributed by atoms with Crippen LogP contribution in [0.3, 0.4) is 0 Å². The Hall–Kier alpha value is -2.89. The SMILES string of the molecule is Cc1cc(NCCC(=O)NCc2ccccc2)ccc1[N+](=O)[O-]. The van der Waals surface area contributed by atoms with E-state index < -0.39 is 4.92 Å².